The molecule has 30 heavy (non-hydrogen) atoms. The molecule has 2 N–H and O–H groups in total. The molecule has 4 heteroatoms. The monoisotopic (exact) mass is 418 g/mol. The predicted molar refractivity (Wildman–Crippen MR) is 123 cm³/mol. The zero-order valence-electron chi connectivity index (χ0n) is 19.3. The number of rotatable bonds is 15. The van der Waals surface area contributed by atoms with Gasteiger partial charge in [-0.05, 0) is 69.1 Å². The van der Waals surface area contributed by atoms with E-state index in [1.807, 2.05) is 13.0 Å². The Morgan fingerprint density at radius 1 is 1.10 bits per heavy atom. The number of ether oxygens (including phenoxy) is 1. The van der Waals surface area contributed by atoms with Crippen LogP contribution in [0.15, 0.2) is 40.7 Å². The van der Waals surface area contributed by atoms with Crippen molar-refractivity contribution in [1.29, 1.82) is 0 Å². The average Bonchev–Trinajstić information content (AvgIpc) is 3.15. The highest BCUT2D eigenvalue weighted by Gasteiger charge is 2.35. The smallest absolute Gasteiger partial charge is 0.366 e. The molecular formula is C26H42O4. The largest absolute Gasteiger partial charge is 0.462 e. The molecule has 0 bridgehead atoms. The average molecular weight is 419 g/mol. The van der Waals surface area contributed by atoms with Crippen molar-refractivity contribution in [3.63, 3.8) is 0 Å². The van der Waals surface area contributed by atoms with Gasteiger partial charge in [0, 0.05) is 6.42 Å². The standard InChI is InChI=1S/C26H42O4/c1-4-6-7-8-9-10-11-12-16-23-18-14-19-24(23)17-13-15-22(3)21-26(28,29)25(27)30-20-5-2/h12-13,16,28-29H,4-11,14,17-21H2,1-3H3. The number of esters is 1. The van der Waals surface area contributed by atoms with E-state index in [-0.39, 0.29) is 13.0 Å². The van der Waals surface area contributed by atoms with E-state index in [0.29, 0.717) is 12.0 Å². The van der Waals surface area contributed by atoms with Gasteiger partial charge < -0.3 is 14.9 Å². The van der Waals surface area contributed by atoms with E-state index in [9.17, 15) is 15.0 Å². The summed E-state index contributed by atoms with van der Waals surface area (Å²) in [6.45, 7) is 6.03. The number of unbranched alkanes of at least 4 members (excludes halogenated alkanes) is 6. The molecule has 0 unspecified atom stereocenters. The molecule has 0 aromatic rings. The molecule has 0 fully saturated rings. The fourth-order valence-electron chi connectivity index (χ4n) is 3.68. The van der Waals surface area contributed by atoms with E-state index in [2.05, 4.69) is 24.8 Å². The first-order chi connectivity index (χ1) is 14.4. The molecule has 0 aromatic carbocycles. The lowest BCUT2D eigenvalue weighted by Gasteiger charge is -2.19. The summed E-state index contributed by atoms with van der Waals surface area (Å²) in [5, 5.41) is 19.8. The van der Waals surface area contributed by atoms with Crippen LogP contribution in [0.1, 0.15) is 104 Å². The first-order valence-corrected chi connectivity index (χ1v) is 11.8. The summed E-state index contributed by atoms with van der Waals surface area (Å²) in [6, 6.07) is 0. The predicted octanol–water partition coefficient (Wildman–Crippen LogP) is 6.29. The fraction of sp³-hybridized carbons (Fsp3) is 0.692. The highest BCUT2D eigenvalue weighted by molar-refractivity contribution is 5.77. The molecule has 1 rings (SSSR count). The maximum absolute atomic E-state index is 11.7. The summed E-state index contributed by atoms with van der Waals surface area (Å²) < 4.78 is 4.83. The number of carbonyl (C=O) groups is 1. The minimum atomic E-state index is -2.49. The van der Waals surface area contributed by atoms with Crippen molar-refractivity contribution in [2.75, 3.05) is 6.61 Å². The molecule has 1 aliphatic carbocycles. The van der Waals surface area contributed by atoms with E-state index >= 15 is 0 Å². The Labute approximate surface area is 183 Å². The summed E-state index contributed by atoms with van der Waals surface area (Å²) in [5.41, 5.74) is 6.61. The third kappa shape index (κ3) is 11.0. The summed E-state index contributed by atoms with van der Waals surface area (Å²) in [7, 11) is 0. The van der Waals surface area contributed by atoms with Gasteiger partial charge in [-0.1, -0.05) is 63.7 Å². The molecule has 1 aliphatic rings. The maximum Gasteiger partial charge on any atom is 0.366 e. The Balaban J connectivity index is 2.50. The zero-order valence-corrected chi connectivity index (χ0v) is 19.3. The van der Waals surface area contributed by atoms with Crippen LogP contribution in [-0.2, 0) is 9.53 Å². The quantitative estimate of drug-likeness (QED) is 0.142. The Bertz CT molecular complexity index is 633. The summed E-state index contributed by atoms with van der Waals surface area (Å²) >= 11 is 0. The van der Waals surface area contributed by atoms with Crippen molar-refractivity contribution < 1.29 is 19.7 Å². The van der Waals surface area contributed by atoms with Crippen LogP contribution in [-0.4, -0.2) is 28.6 Å². The molecule has 0 amide bonds. The molecular weight excluding hydrogens is 376 g/mol. The second-order valence-electron chi connectivity index (χ2n) is 8.40. The van der Waals surface area contributed by atoms with Crippen LogP contribution in [0.2, 0.25) is 0 Å². The molecule has 0 saturated carbocycles. The number of hydrogen-bond acceptors (Lipinski definition) is 4. The Morgan fingerprint density at radius 3 is 2.57 bits per heavy atom. The van der Waals surface area contributed by atoms with Crippen molar-refractivity contribution >= 4 is 5.97 Å². The fourth-order valence-corrected chi connectivity index (χ4v) is 3.68. The lowest BCUT2D eigenvalue weighted by Crippen LogP contribution is -2.40. The van der Waals surface area contributed by atoms with E-state index in [1.54, 1.807) is 6.92 Å². The number of hydrogen-bond donors (Lipinski definition) is 2. The molecule has 0 aliphatic heterocycles. The van der Waals surface area contributed by atoms with Crippen LogP contribution in [0, 0.1) is 0 Å². The number of carbonyl (C=O) groups excluding carboxylic acids is 1. The van der Waals surface area contributed by atoms with Gasteiger partial charge in [0.2, 0.25) is 0 Å². The molecule has 4 nitrogen and oxygen atoms in total. The van der Waals surface area contributed by atoms with Gasteiger partial charge in [-0.2, -0.15) is 0 Å². The molecule has 0 radical (unpaired) electrons. The van der Waals surface area contributed by atoms with Gasteiger partial charge in [0.1, 0.15) is 0 Å². The van der Waals surface area contributed by atoms with Crippen LogP contribution in [0.4, 0.5) is 0 Å². The van der Waals surface area contributed by atoms with Crippen molar-refractivity contribution in [1.82, 2.24) is 0 Å². The summed E-state index contributed by atoms with van der Waals surface area (Å²) in [4.78, 5) is 11.7. The Hall–Kier alpha value is -1.61. The van der Waals surface area contributed by atoms with Gasteiger partial charge >= 0.3 is 5.97 Å². The SMILES string of the molecule is CCCCCCCCC=CC1=C(CC=C=C(C)CC(O)(O)C(=O)OCCC)CCC1. The van der Waals surface area contributed by atoms with Crippen LogP contribution in [0.5, 0.6) is 0 Å². The highest BCUT2D eigenvalue weighted by Crippen LogP contribution is 2.29. The van der Waals surface area contributed by atoms with Gasteiger partial charge in [0.25, 0.3) is 5.79 Å². The van der Waals surface area contributed by atoms with Crippen LogP contribution < -0.4 is 0 Å². The normalized spacial score (nSPS) is 14.3. The molecule has 0 heterocycles. The Morgan fingerprint density at radius 2 is 1.83 bits per heavy atom. The van der Waals surface area contributed by atoms with Gasteiger partial charge in [-0.15, -0.1) is 5.73 Å². The number of allylic oxidation sites excluding steroid dienone is 4. The first-order valence-electron chi connectivity index (χ1n) is 11.8. The second kappa shape index (κ2) is 15.2. The Kier molecular flexibility index (Phi) is 13.4. The van der Waals surface area contributed by atoms with Crippen LogP contribution >= 0.6 is 0 Å². The van der Waals surface area contributed by atoms with Gasteiger partial charge in [0.05, 0.1) is 6.61 Å². The van der Waals surface area contributed by atoms with E-state index in [1.165, 1.54) is 56.1 Å². The minimum absolute atomic E-state index is 0.184. The van der Waals surface area contributed by atoms with Gasteiger partial charge in [-0.25, -0.2) is 4.79 Å². The lowest BCUT2D eigenvalue weighted by molar-refractivity contribution is -0.208. The van der Waals surface area contributed by atoms with E-state index in [0.717, 1.165) is 25.7 Å². The van der Waals surface area contributed by atoms with Crippen molar-refractivity contribution in [2.45, 2.75) is 110 Å². The molecule has 0 saturated heterocycles. The topological polar surface area (TPSA) is 66.8 Å². The van der Waals surface area contributed by atoms with Crippen molar-refractivity contribution in [3.05, 3.63) is 40.7 Å². The van der Waals surface area contributed by atoms with Gasteiger partial charge in [0.15, 0.2) is 0 Å². The highest BCUT2D eigenvalue weighted by atomic mass is 16.6. The summed E-state index contributed by atoms with van der Waals surface area (Å²) in [6.07, 6.45) is 20.4. The third-order valence-corrected chi connectivity index (χ3v) is 5.39. The molecule has 170 valence electrons. The van der Waals surface area contributed by atoms with Gasteiger partial charge in [-0.3, -0.25) is 0 Å². The van der Waals surface area contributed by atoms with E-state index in [4.69, 9.17) is 4.74 Å². The maximum atomic E-state index is 11.7. The zero-order chi connectivity index (χ0) is 22.2. The summed E-state index contributed by atoms with van der Waals surface area (Å²) in [5.74, 6) is -3.49. The molecule has 0 atom stereocenters. The molecule has 0 spiro atoms. The van der Waals surface area contributed by atoms with Crippen LogP contribution in [0.25, 0.3) is 0 Å². The molecule has 0 aromatic heterocycles. The third-order valence-electron chi connectivity index (χ3n) is 5.39. The van der Waals surface area contributed by atoms with E-state index < -0.39 is 11.8 Å². The minimum Gasteiger partial charge on any atom is -0.462 e. The van der Waals surface area contributed by atoms with Crippen LogP contribution in [0.3, 0.4) is 0 Å². The second-order valence-corrected chi connectivity index (χ2v) is 8.40. The lowest BCUT2D eigenvalue weighted by atomic mass is 10.0. The van der Waals surface area contributed by atoms with Crippen molar-refractivity contribution in [3.8, 4) is 0 Å². The number of aliphatic hydroxyl groups is 2. The van der Waals surface area contributed by atoms with Crippen molar-refractivity contribution in [2.24, 2.45) is 0 Å². The first kappa shape index (κ1) is 26.4.